The summed E-state index contributed by atoms with van der Waals surface area (Å²) in [5.41, 5.74) is 4.97. The molecule has 2 aromatic heterocycles. The van der Waals surface area contributed by atoms with E-state index in [9.17, 15) is 4.79 Å². The van der Waals surface area contributed by atoms with Gasteiger partial charge < -0.3 is 4.74 Å². The van der Waals surface area contributed by atoms with Crippen molar-refractivity contribution in [3.8, 4) is 0 Å². The smallest absolute Gasteiger partial charge is 0.337 e. The number of methoxy groups -OCH3 is 1. The lowest BCUT2D eigenvalue weighted by Crippen LogP contribution is -2.01. The molecule has 0 aliphatic heterocycles. The van der Waals surface area contributed by atoms with Gasteiger partial charge in [0.05, 0.1) is 18.9 Å². The summed E-state index contributed by atoms with van der Waals surface area (Å²) in [6, 6.07) is 14.7. The van der Waals surface area contributed by atoms with E-state index in [0.29, 0.717) is 17.0 Å². The number of aromatic nitrogens is 4. The third-order valence-corrected chi connectivity index (χ3v) is 3.88. The fraction of sp³-hybridized carbons (Fsp3) is 0.0556. The molecule has 0 amide bonds. The quantitative estimate of drug-likeness (QED) is 0.347. The Balaban J connectivity index is 1.61. The van der Waals surface area contributed by atoms with Crippen LogP contribution in [0, 0.1) is 0 Å². The molecular weight excluding hydrogens is 332 g/mol. The summed E-state index contributed by atoms with van der Waals surface area (Å²) >= 11 is 0. The molecule has 0 bridgehead atoms. The van der Waals surface area contributed by atoms with Crippen LogP contribution in [0.4, 0.5) is 5.82 Å². The molecule has 2 heterocycles. The number of rotatable bonds is 4. The molecule has 1 N–H and O–H groups in total. The largest absolute Gasteiger partial charge is 0.465 e. The maximum Gasteiger partial charge on any atom is 0.337 e. The monoisotopic (exact) mass is 346 g/mol. The van der Waals surface area contributed by atoms with Gasteiger partial charge in [0.15, 0.2) is 11.5 Å². The van der Waals surface area contributed by atoms with E-state index in [0.717, 1.165) is 16.3 Å². The number of anilines is 1. The number of benzene rings is 2. The van der Waals surface area contributed by atoms with Gasteiger partial charge in [0.1, 0.15) is 6.33 Å². The van der Waals surface area contributed by atoms with Crippen LogP contribution in [-0.2, 0) is 4.74 Å². The number of ether oxygens (including phenoxy) is 1. The molecule has 0 spiro atoms. The first kappa shape index (κ1) is 15.7. The van der Waals surface area contributed by atoms with Gasteiger partial charge in [-0.05, 0) is 17.7 Å². The van der Waals surface area contributed by atoms with Crippen LogP contribution in [0.1, 0.15) is 15.9 Å². The average molecular weight is 346 g/mol. The van der Waals surface area contributed by atoms with Gasteiger partial charge in [-0.1, -0.05) is 36.4 Å². The van der Waals surface area contributed by atoms with E-state index >= 15 is 0 Å². The standard InChI is InChI=1S/C18H14N6O2/c1-26-18(25)13-8-6-12(7-9-13)10-19-21-16-14-4-2-3-5-15(14)17-22-20-11-24(17)23-16/h2-11H,1H3,(H,21,23). The Labute approximate surface area is 148 Å². The van der Waals surface area contributed by atoms with E-state index in [2.05, 4.69) is 30.6 Å². The third kappa shape index (κ3) is 2.84. The lowest BCUT2D eigenvalue weighted by Gasteiger charge is -2.06. The molecule has 0 radical (unpaired) electrons. The second kappa shape index (κ2) is 6.60. The molecule has 26 heavy (non-hydrogen) atoms. The third-order valence-electron chi connectivity index (χ3n) is 3.88. The van der Waals surface area contributed by atoms with Crippen molar-refractivity contribution in [3.63, 3.8) is 0 Å². The molecule has 0 saturated heterocycles. The predicted molar refractivity (Wildman–Crippen MR) is 97.3 cm³/mol. The summed E-state index contributed by atoms with van der Waals surface area (Å²) < 4.78 is 6.28. The van der Waals surface area contributed by atoms with Crippen molar-refractivity contribution in [2.24, 2.45) is 5.10 Å². The lowest BCUT2D eigenvalue weighted by atomic mass is 10.1. The Kier molecular flexibility index (Phi) is 3.98. The Morgan fingerprint density at radius 3 is 2.69 bits per heavy atom. The predicted octanol–water partition coefficient (Wildman–Crippen LogP) is 2.51. The first-order valence-electron chi connectivity index (χ1n) is 7.82. The zero-order valence-electron chi connectivity index (χ0n) is 13.8. The van der Waals surface area contributed by atoms with Crippen molar-refractivity contribution in [2.45, 2.75) is 0 Å². The molecular formula is C18H14N6O2. The van der Waals surface area contributed by atoms with Crippen molar-refractivity contribution in [1.82, 2.24) is 19.8 Å². The van der Waals surface area contributed by atoms with E-state index in [4.69, 9.17) is 0 Å². The van der Waals surface area contributed by atoms with Gasteiger partial charge in [-0.15, -0.1) is 15.3 Å². The van der Waals surface area contributed by atoms with Gasteiger partial charge in [0, 0.05) is 10.8 Å². The van der Waals surface area contributed by atoms with Crippen molar-refractivity contribution in [1.29, 1.82) is 0 Å². The maximum atomic E-state index is 11.4. The summed E-state index contributed by atoms with van der Waals surface area (Å²) in [7, 11) is 1.35. The van der Waals surface area contributed by atoms with Crippen LogP contribution >= 0.6 is 0 Å². The van der Waals surface area contributed by atoms with Gasteiger partial charge in [-0.2, -0.15) is 9.62 Å². The van der Waals surface area contributed by atoms with Crippen molar-refractivity contribution >= 4 is 34.4 Å². The Morgan fingerprint density at radius 1 is 1.15 bits per heavy atom. The van der Waals surface area contributed by atoms with Crippen LogP contribution in [0.5, 0.6) is 0 Å². The first-order valence-corrected chi connectivity index (χ1v) is 7.82. The van der Waals surface area contributed by atoms with E-state index < -0.39 is 0 Å². The molecule has 128 valence electrons. The number of hydrazone groups is 1. The summed E-state index contributed by atoms with van der Waals surface area (Å²) in [5, 5.41) is 18.5. The van der Waals surface area contributed by atoms with Crippen LogP contribution < -0.4 is 5.43 Å². The summed E-state index contributed by atoms with van der Waals surface area (Å²) in [5.74, 6) is 0.222. The Hall–Kier alpha value is -3.81. The van der Waals surface area contributed by atoms with Crippen molar-refractivity contribution in [2.75, 3.05) is 12.5 Å². The van der Waals surface area contributed by atoms with Crippen molar-refractivity contribution in [3.05, 3.63) is 66.0 Å². The van der Waals surface area contributed by atoms with Gasteiger partial charge in [0.2, 0.25) is 0 Å². The highest BCUT2D eigenvalue weighted by atomic mass is 16.5. The zero-order valence-corrected chi connectivity index (χ0v) is 13.8. The summed E-state index contributed by atoms with van der Waals surface area (Å²) in [6.07, 6.45) is 3.19. The molecule has 0 atom stereocenters. The average Bonchev–Trinajstić information content (AvgIpc) is 3.17. The minimum atomic E-state index is -0.371. The molecule has 0 saturated carbocycles. The van der Waals surface area contributed by atoms with Crippen LogP contribution in [0.15, 0.2) is 60.0 Å². The van der Waals surface area contributed by atoms with E-state index in [1.807, 2.05) is 24.3 Å². The van der Waals surface area contributed by atoms with Gasteiger partial charge in [0.25, 0.3) is 0 Å². The van der Waals surface area contributed by atoms with Gasteiger partial charge in [-0.3, -0.25) is 5.43 Å². The topological polar surface area (TPSA) is 93.8 Å². The van der Waals surface area contributed by atoms with Gasteiger partial charge >= 0.3 is 5.97 Å². The summed E-state index contributed by atoms with van der Waals surface area (Å²) in [4.78, 5) is 11.4. The van der Waals surface area contributed by atoms with E-state index in [1.165, 1.54) is 7.11 Å². The molecule has 4 aromatic rings. The van der Waals surface area contributed by atoms with E-state index in [1.54, 1.807) is 41.3 Å². The molecule has 0 aliphatic carbocycles. The highest BCUT2D eigenvalue weighted by Crippen LogP contribution is 2.23. The van der Waals surface area contributed by atoms with Crippen LogP contribution in [0.25, 0.3) is 16.4 Å². The number of nitrogens with zero attached hydrogens (tertiary/aromatic N) is 5. The molecule has 0 unspecified atom stereocenters. The number of hydrogen-bond acceptors (Lipinski definition) is 7. The maximum absolute atomic E-state index is 11.4. The zero-order chi connectivity index (χ0) is 17.9. The first-order chi connectivity index (χ1) is 12.8. The van der Waals surface area contributed by atoms with Crippen LogP contribution in [-0.4, -0.2) is 39.1 Å². The minimum absolute atomic E-state index is 0.371. The lowest BCUT2D eigenvalue weighted by molar-refractivity contribution is 0.0600. The highest BCUT2D eigenvalue weighted by molar-refractivity contribution is 6.00. The number of esters is 1. The molecule has 8 heteroatoms. The van der Waals surface area contributed by atoms with Crippen LogP contribution in [0.2, 0.25) is 0 Å². The number of fused-ring (bicyclic) bond motifs is 3. The normalized spacial score (nSPS) is 11.3. The fourth-order valence-corrected chi connectivity index (χ4v) is 2.60. The number of carbonyl (C=O) groups is 1. The fourth-order valence-electron chi connectivity index (χ4n) is 2.60. The molecule has 0 fully saturated rings. The van der Waals surface area contributed by atoms with Crippen LogP contribution in [0.3, 0.4) is 0 Å². The number of carbonyl (C=O) groups excluding carboxylic acids is 1. The SMILES string of the molecule is COC(=O)c1ccc(C=NNc2nn3cnnc3c3ccccc23)cc1. The number of hydrogen-bond donors (Lipinski definition) is 1. The highest BCUT2D eigenvalue weighted by Gasteiger charge is 2.09. The second-order valence-electron chi connectivity index (χ2n) is 5.48. The minimum Gasteiger partial charge on any atom is -0.465 e. The van der Waals surface area contributed by atoms with Crippen molar-refractivity contribution < 1.29 is 9.53 Å². The number of nitrogens with one attached hydrogen (secondary N) is 1. The molecule has 2 aromatic carbocycles. The Morgan fingerprint density at radius 2 is 1.92 bits per heavy atom. The molecule has 0 aliphatic rings. The Bertz CT molecular complexity index is 1120. The van der Waals surface area contributed by atoms with E-state index in [-0.39, 0.29) is 5.97 Å². The molecule has 8 nitrogen and oxygen atoms in total. The molecule has 4 rings (SSSR count). The van der Waals surface area contributed by atoms with Gasteiger partial charge in [-0.25, -0.2) is 4.79 Å². The second-order valence-corrected chi connectivity index (χ2v) is 5.48. The summed E-state index contributed by atoms with van der Waals surface area (Å²) in [6.45, 7) is 0.